The average molecular weight is 748 g/mol. The van der Waals surface area contributed by atoms with Gasteiger partial charge in [-0.25, -0.2) is 4.98 Å². The molecule has 0 saturated heterocycles. The van der Waals surface area contributed by atoms with Gasteiger partial charge in [0.25, 0.3) is 0 Å². The SMILES string of the molecule is [2H]C([2H])([2H])c1ccc(-c2[c-]cccc2)nc1.[2H]C([2H])([2H])c1ccc2ccc3c4cc[c-]c(-c5cc(C([2H])([2H])C(C)(C)C)ccn5)c4oc3c2n1.[Ir]. The minimum absolute atomic E-state index is 0. The molecule has 4 heterocycles. The minimum Gasteiger partial charge on any atom is -0.498 e. The Hall–Kier alpha value is -4.18. The van der Waals surface area contributed by atoms with Gasteiger partial charge < -0.3 is 14.4 Å². The number of aromatic nitrogens is 3. The van der Waals surface area contributed by atoms with E-state index in [1.54, 1.807) is 48.7 Å². The van der Waals surface area contributed by atoms with E-state index in [2.05, 4.69) is 27.1 Å². The Morgan fingerprint density at radius 3 is 2.44 bits per heavy atom. The molecule has 3 aromatic carbocycles. The van der Waals surface area contributed by atoms with Crippen LogP contribution in [0, 0.1) is 31.3 Å². The Kier molecular flexibility index (Phi) is 6.29. The summed E-state index contributed by atoms with van der Waals surface area (Å²) in [6.45, 7) is 1.18. The fraction of sp³-hybridized carbons (Fsp3) is 0.184. The topological polar surface area (TPSA) is 51.8 Å². The van der Waals surface area contributed by atoms with E-state index in [4.69, 9.17) is 15.4 Å². The first-order valence-corrected chi connectivity index (χ1v) is 13.5. The summed E-state index contributed by atoms with van der Waals surface area (Å²) in [7, 11) is 0. The van der Waals surface area contributed by atoms with E-state index in [0.717, 1.165) is 27.4 Å². The maximum Gasteiger partial charge on any atom is 0.147 e. The van der Waals surface area contributed by atoms with Crippen molar-refractivity contribution < 1.29 is 35.5 Å². The van der Waals surface area contributed by atoms with E-state index >= 15 is 0 Å². The number of rotatable bonds is 3. The molecule has 43 heavy (non-hydrogen) atoms. The summed E-state index contributed by atoms with van der Waals surface area (Å²) in [5.74, 6) is 0. The number of fused-ring (bicyclic) bond motifs is 5. The Balaban J connectivity index is 0.000000249. The molecule has 0 spiro atoms. The number of nitrogens with zero attached hydrogens (tertiary/aromatic N) is 3. The van der Waals surface area contributed by atoms with Crippen molar-refractivity contribution in [1.29, 1.82) is 0 Å². The number of hydrogen-bond acceptors (Lipinski definition) is 4. The zero-order valence-electron chi connectivity index (χ0n) is 31.8. The second-order valence-electron chi connectivity index (χ2n) is 10.9. The molecule has 0 amide bonds. The maximum atomic E-state index is 8.64. The fourth-order valence-electron chi connectivity index (χ4n) is 4.76. The predicted molar refractivity (Wildman–Crippen MR) is 172 cm³/mol. The molecule has 4 aromatic heterocycles. The number of furan rings is 1. The molecule has 0 aliphatic carbocycles. The Morgan fingerprint density at radius 1 is 0.837 bits per heavy atom. The predicted octanol–water partition coefficient (Wildman–Crippen LogP) is 9.75. The zero-order valence-corrected chi connectivity index (χ0v) is 26.2. The normalized spacial score (nSPS) is 15.0. The van der Waals surface area contributed by atoms with Crippen molar-refractivity contribution in [2.75, 3.05) is 0 Å². The van der Waals surface area contributed by atoms with Crippen molar-refractivity contribution in [2.24, 2.45) is 5.41 Å². The Labute approximate surface area is 277 Å². The van der Waals surface area contributed by atoms with Gasteiger partial charge in [0.1, 0.15) is 11.1 Å². The first-order valence-electron chi connectivity index (χ1n) is 17.5. The van der Waals surface area contributed by atoms with Gasteiger partial charge in [0.2, 0.25) is 0 Å². The van der Waals surface area contributed by atoms with Crippen LogP contribution >= 0.6 is 0 Å². The molecule has 5 heteroatoms. The molecule has 0 aliphatic rings. The number of pyridine rings is 3. The molecule has 4 nitrogen and oxygen atoms in total. The monoisotopic (exact) mass is 748 g/mol. The van der Waals surface area contributed by atoms with Crippen LogP contribution in [0.1, 0.15) is 48.6 Å². The standard InChI is InChI=1S/C26H23N2O.C12H10N.Ir/c1-16-8-9-18-10-11-20-19-6-5-7-21(24(19)29-25(20)23(18)28-16)22-14-17(12-13-27-22)15-26(2,3)4;1-10-7-8-12(13-9-10)11-5-3-2-4-6-11;/h5-6,8-14H,15H2,1-4H3;2-5,7-9H,1H3;/q2*-1;/i1D3,15D2;1D3;. The molecule has 217 valence electrons. The summed E-state index contributed by atoms with van der Waals surface area (Å²) in [4.78, 5) is 13.0. The third-order valence-corrected chi connectivity index (χ3v) is 6.54. The minimum atomic E-state index is -2.32. The zero-order chi connectivity index (χ0) is 36.1. The van der Waals surface area contributed by atoms with Gasteiger partial charge in [-0.05, 0) is 54.6 Å². The molecule has 0 fully saturated rings. The van der Waals surface area contributed by atoms with E-state index in [-0.39, 0.29) is 31.4 Å². The first kappa shape index (κ1) is 21.5. The van der Waals surface area contributed by atoms with Crippen LogP contribution in [0.15, 0.2) is 102 Å². The van der Waals surface area contributed by atoms with Crippen molar-refractivity contribution in [3.05, 3.63) is 126 Å². The van der Waals surface area contributed by atoms with Crippen LogP contribution in [0.2, 0.25) is 0 Å². The van der Waals surface area contributed by atoms with Crippen LogP contribution in [-0.4, -0.2) is 15.0 Å². The van der Waals surface area contributed by atoms with Gasteiger partial charge in [-0.15, -0.1) is 54.1 Å². The summed E-state index contributed by atoms with van der Waals surface area (Å²) in [5.41, 5.74) is 4.48. The van der Waals surface area contributed by atoms with Gasteiger partial charge in [-0.2, -0.15) is 0 Å². The van der Waals surface area contributed by atoms with Gasteiger partial charge >= 0.3 is 0 Å². The van der Waals surface area contributed by atoms with Gasteiger partial charge in [-0.3, -0.25) is 0 Å². The summed E-state index contributed by atoms with van der Waals surface area (Å²) in [6.07, 6.45) is 1.42. The largest absolute Gasteiger partial charge is 0.498 e. The average Bonchev–Trinajstić information content (AvgIpc) is 3.47. The quantitative estimate of drug-likeness (QED) is 0.169. The molecule has 7 aromatic rings. The Bertz CT molecular complexity index is 2310. The third kappa shape index (κ3) is 6.74. The second kappa shape index (κ2) is 12.6. The molecule has 0 saturated carbocycles. The van der Waals surface area contributed by atoms with Crippen molar-refractivity contribution in [1.82, 2.24) is 15.0 Å². The van der Waals surface area contributed by atoms with E-state index < -0.39 is 25.5 Å². The summed E-state index contributed by atoms with van der Waals surface area (Å²) < 4.78 is 68.4. The fourth-order valence-corrected chi connectivity index (χ4v) is 4.76. The van der Waals surface area contributed by atoms with Crippen LogP contribution in [0.4, 0.5) is 0 Å². The van der Waals surface area contributed by atoms with Gasteiger partial charge in [-0.1, -0.05) is 73.7 Å². The number of hydrogen-bond donors (Lipinski definition) is 0. The molecule has 0 N–H and O–H groups in total. The molecule has 0 aliphatic heterocycles. The van der Waals surface area contributed by atoms with Crippen LogP contribution in [0.5, 0.6) is 0 Å². The van der Waals surface area contributed by atoms with Crippen LogP contribution in [-0.2, 0) is 26.5 Å². The number of aryl methyl sites for hydroxylation is 2. The van der Waals surface area contributed by atoms with E-state index in [0.29, 0.717) is 33.5 Å². The van der Waals surface area contributed by atoms with Crippen molar-refractivity contribution in [2.45, 2.75) is 40.8 Å². The third-order valence-electron chi connectivity index (χ3n) is 6.54. The van der Waals surface area contributed by atoms with E-state index in [9.17, 15) is 0 Å². The van der Waals surface area contributed by atoms with Crippen LogP contribution in [0.25, 0.3) is 55.4 Å². The smallest absolute Gasteiger partial charge is 0.147 e. The van der Waals surface area contributed by atoms with Crippen molar-refractivity contribution in [3.63, 3.8) is 0 Å². The molecule has 7 rings (SSSR count). The molecule has 0 atom stereocenters. The second-order valence-corrected chi connectivity index (χ2v) is 10.9. The molecule has 1 radical (unpaired) electrons. The van der Waals surface area contributed by atoms with E-state index in [1.165, 1.54) is 12.3 Å². The van der Waals surface area contributed by atoms with E-state index in [1.807, 2.05) is 57.2 Å². The Morgan fingerprint density at radius 2 is 1.70 bits per heavy atom. The number of benzene rings is 3. The molecule has 0 unspecified atom stereocenters. The van der Waals surface area contributed by atoms with Gasteiger partial charge in [0, 0.05) is 59.9 Å². The summed E-state index contributed by atoms with van der Waals surface area (Å²) >= 11 is 0. The summed E-state index contributed by atoms with van der Waals surface area (Å²) in [6, 6.07) is 31.2. The molecule has 0 bridgehead atoms. The first-order chi connectivity index (χ1) is 23.4. The van der Waals surface area contributed by atoms with Crippen LogP contribution < -0.4 is 0 Å². The maximum absolute atomic E-state index is 8.64. The van der Waals surface area contributed by atoms with Crippen LogP contribution in [0.3, 0.4) is 0 Å². The van der Waals surface area contributed by atoms with Crippen molar-refractivity contribution in [3.8, 4) is 22.5 Å². The van der Waals surface area contributed by atoms with Gasteiger partial charge in [0.05, 0.1) is 5.58 Å². The summed E-state index contributed by atoms with van der Waals surface area (Å²) in [5, 5.41) is 2.43. The van der Waals surface area contributed by atoms with Crippen molar-refractivity contribution >= 4 is 32.8 Å². The molecular formula is C38H33IrN3O-2. The molecular weight excluding hydrogens is 707 g/mol. The van der Waals surface area contributed by atoms with Gasteiger partial charge in [0.15, 0.2) is 0 Å².